The number of fused-ring (bicyclic) bond motifs is 1. The molecule has 8 heteroatoms. The summed E-state index contributed by atoms with van der Waals surface area (Å²) in [5.41, 5.74) is 1.02. The summed E-state index contributed by atoms with van der Waals surface area (Å²) in [4.78, 5) is 14.4. The molecule has 1 aliphatic rings. The maximum absolute atomic E-state index is 12.9. The summed E-state index contributed by atoms with van der Waals surface area (Å²) in [6, 6.07) is 9.21. The standard InChI is InChI=1S/C17H17FN6O/c18-13-5-3-12(4-6-13)17(25)19-11-16-21-20-14-7-8-15(22-24(14)16)23-9-1-2-10-23/h3-8H,1-2,9-11H2,(H,19,25). The quantitative estimate of drug-likeness (QED) is 0.784. The van der Waals surface area contributed by atoms with Gasteiger partial charge in [0.05, 0.1) is 6.54 Å². The second-order valence-electron chi connectivity index (χ2n) is 5.96. The molecule has 0 saturated carbocycles. The zero-order chi connectivity index (χ0) is 17.2. The van der Waals surface area contributed by atoms with E-state index < -0.39 is 0 Å². The van der Waals surface area contributed by atoms with Crippen LogP contribution < -0.4 is 10.2 Å². The van der Waals surface area contributed by atoms with Crippen molar-refractivity contribution < 1.29 is 9.18 Å². The molecule has 128 valence electrons. The highest BCUT2D eigenvalue weighted by Crippen LogP contribution is 2.18. The van der Waals surface area contributed by atoms with E-state index in [2.05, 4.69) is 25.5 Å². The molecule has 7 nitrogen and oxygen atoms in total. The Kier molecular flexibility index (Phi) is 4.01. The maximum Gasteiger partial charge on any atom is 0.251 e. The fourth-order valence-electron chi connectivity index (χ4n) is 2.91. The fourth-order valence-corrected chi connectivity index (χ4v) is 2.91. The van der Waals surface area contributed by atoms with Crippen LogP contribution in [0.4, 0.5) is 10.2 Å². The lowest BCUT2D eigenvalue weighted by Gasteiger charge is -2.15. The molecule has 1 fully saturated rings. The highest BCUT2D eigenvalue weighted by Gasteiger charge is 2.16. The first-order valence-corrected chi connectivity index (χ1v) is 8.21. The molecule has 3 aromatic rings. The van der Waals surface area contributed by atoms with Crippen LogP contribution in [0.1, 0.15) is 29.0 Å². The van der Waals surface area contributed by atoms with Gasteiger partial charge in [0.1, 0.15) is 11.6 Å². The number of anilines is 1. The van der Waals surface area contributed by atoms with Crippen LogP contribution in [0, 0.1) is 5.82 Å². The van der Waals surface area contributed by atoms with E-state index in [0.717, 1.165) is 18.9 Å². The summed E-state index contributed by atoms with van der Waals surface area (Å²) < 4.78 is 14.6. The molecule has 3 heterocycles. The van der Waals surface area contributed by atoms with Gasteiger partial charge >= 0.3 is 0 Å². The SMILES string of the molecule is O=C(NCc1nnc2ccc(N3CCCC3)nn12)c1ccc(F)cc1. The molecule has 1 amide bonds. The van der Waals surface area contributed by atoms with Gasteiger partial charge in [0.2, 0.25) is 0 Å². The smallest absolute Gasteiger partial charge is 0.251 e. The molecule has 1 aliphatic heterocycles. The minimum Gasteiger partial charge on any atom is -0.355 e. The lowest BCUT2D eigenvalue weighted by molar-refractivity contribution is 0.0949. The molecule has 0 unspecified atom stereocenters. The summed E-state index contributed by atoms with van der Waals surface area (Å²) in [5.74, 6) is 0.758. The summed E-state index contributed by atoms with van der Waals surface area (Å²) >= 11 is 0. The molecule has 1 aromatic carbocycles. The minimum absolute atomic E-state index is 0.188. The molecule has 0 aliphatic carbocycles. The van der Waals surface area contributed by atoms with Crippen molar-refractivity contribution in [3.8, 4) is 0 Å². The van der Waals surface area contributed by atoms with Gasteiger partial charge in [-0.1, -0.05) is 0 Å². The Hall–Kier alpha value is -3.03. The number of carbonyl (C=O) groups excluding carboxylic acids is 1. The number of hydrogen-bond donors (Lipinski definition) is 1. The van der Waals surface area contributed by atoms with Crippen LogP contribution >= 0.6 is 0 Å². The molecule has 1 N–H and O–H groups in total. The van der Waals surface area contributed by atoms with Crippen molar-refractivity contribution in [2.24, 2.45) is 0 Å². The van der Waals surface area contributed by atoms with Gasteiger partial charge in [-0.05, 0) is 49.2 Å². The third-order valence-electron chi connectivity index (χ3n) is 4.26. The molecule has 4 rings (SSSR count). The third kappa shape index (κ3) is 3.15. The number of amides is 1. The van der Waals surface area contributed by atoms with Gasteiger partial charge in [-0.3, -0.25) is 4.79 Å². The lowest BCUT2D eigenvalue weighted by Crippen LogP contribution is -2.25. The number of carbonyl (C=O) groups is 1. The third-order valence-corrected chi connectivity index (χ3v) is 4.26. The van der Waals surface area contributed by atoms with Gasteiger partial charge in [-0.2, -0.15) is 4.52 Å². The summed E-state index contributed by atoms with van der Waals surface area (Å²) in [6.45, 7) is 2.18. The minimum atomic E-state index is -0.376. The molecule has 1 saturated heterocycles. The Balaban J connectivity index is 1.51. The first-order valence-electron chi connectivity index (χ1n) is 8.21. The van der Waals surface area contributed by atoms with E-state index in [-0.39, 0.29) is 18.3 Å². The van der Waals surface area contributed by atoms with Gasteiger partial charge in [0, 0.05) is 18.7 Å². The van der Waals surface area contributed by atoms with Gasteiger partial charge < -0.3 is 10.2 Å². The van der Waals surface area contributed by atoms with Gasteiger partial charge in [0.15, 0.2) is 11.5 Å². The second-order valence-corrected chi connectivity index (χ2v) is 5.96. The van der Waals surface area contributed by atoms with Crippen LogP contribution in [-0.4, -0.2) is 38.8 Å². The molecular formula is C17H17FN6O. The molecule has 0 bridgehead atoms. The Bertz CT molecular complexity index is 901. The predicted octanol–water partition coefficient (Wildman–Crippen LogP) is 1.79. The molecular weight excluding hydrogens is 323 g/mol. The molecule has 0 radical (unpaired) electrons. The van der Waals surface area contributed by atoms with E-state index in [9.17, 15) is 9.18 Å². The number of benzene rings is 1. The zero-order valence-corrected chi connectivity index (χ0v) is 13.5. The predicted molar refractivity (Wildman–Crippen MR) is 89.8 cm³/mol. The molecule has 25 heavy (non-hydrogen) atoms. The van der Waals surface area contributed by atoms with E-state index >= 15 is 0 Å². The van der Waals surface area contributed by atoms with E-state index in [1.165, 1.54) is 37.1 Å². The lowest BCUT2D eigenvalue weighted by atomic mass is 10.2. The van der Waals surface area contributed by atoms with Crippen LogP contribution in [0.2, 0.25) is 0 Å². The number of halogens is 1. The maximum atomic E-state index is 12.9. The Morgan fingerprint density at radius 3 is 2.60 bits per heavy atom. The molecule has 2 aromatic heterocycles. The van der Waals surface area contributed by atoms with Crippen LogP contribution in [0.5, 0.6) is 0 Å². The number of nitrogens with zero attached hydrogens (tertiary/aromatic N) is 5. The van der Waals surface area contributed by atoms with E-state index in [0.29, 0.717) is 17.0 Å². The zero-order valence-electron chi connectivity index (χ0n) is 13.5. The highest BCUT2D eigenvalue weighted by atomic mass is 19.1. The van der Waals surface area contributed by atoms with Crippen molar-refractivity contribution >= 4 is 17.4 Å². The second kappa shape index (κ2) is 6.46. The fraction of sp³-hybridized carbons (Fsp3) is 0.294. The van der Waals surface area contributed by atoms with Gasteiger partial charge in [0.25, 0.3) is 5.91 Å². The number of nitrogens with one attached hydrogen (secondary N) is 1. The van der Waals surface area contributed by atoms with Crippen molar-refractivity contribution in [2.75, 3.05) is 18.0 Å². The first kappa shape index (κ1) is 15.5. The van der Waals surface area contributed by atoms with Crippen molar-refractivity contribution in [1.82, 2.24) is 25.1 Å². The van der Waals surface area contributed by atoms with E-state index in [4.69, 9.17) is 0 Å². The Morgan fingerprint density at radius 1 is 1.08 bits per heavy atom. The van der Waals surface area contributed by atoms with E-state index in [1.807, 2.05) is 12.1 Å². The van der Waals surface area contributed by atoms with Crippen LogP contribution in [0.15, 0.2) is 36.4 Å². The van der Waals surface area contributed by atoms with E-state index in [1.54, 1.807) is 4.52 Å². The molecule has 0 atom stereocenters. The van der Waals surface area contributed by atoms with Crippen LogP contribution in [0.3, 0.4) is 0 Å². The topological polar surface area (TPSA) is 75.4 Å². The van der Waals surface area contributed by atoms with Crippen LogP contribution in [0.25, 0.3) is 5.65 Å². The first-order chi connectivity index (χ1) is 12.2. The molecule has 0 spiro atoms. The summed E-state index contributed by atoms with van der Waals surface area (Å²) in [6.07, 6.45) is 2.34. The van der Waals surface area contributed by atoms with Crippen molar-refractivity contribution in [3.63, 3.8) is 0 Å². The number of hydrogen-bond acceptors (Lipinski definition) is 5. The summed E-state index contributed by atoms with van der Waals surface area (Å²) in [5, 5.41) is 15.5. The summed E-state index contributed by atoms with van der Waals surface area (Å²) in [7, 11) is 0. The van der Waals surface area contributed by atoms with Gasteiger partial charge in [-0.15, -0.1) is 15.3 Å². The van der Waals surface area contributed by atoms with Crippen molar-refractivity contribution in [2.45, 2.75) is 19.4 Å². The van der Waals surface area contributed by atoms with Crippen molar-refractivity contribution in [1.29, 1.82) is 0 Å². The monoisotopic (exact) mass is 340 g/mol. The van der Waals surface area contributed by atoms with Gasteiger partial charge in [-0.25, -0.2) is 4.39 Å². The Morgan fingerprint density at radius 2 is 1.84 bits per heavy atom. The number of aromatic nitrogens is 4. The number of rotatable bonds is 4. The highest BCUT2D eigenvalue weighted by molar-refractivity contribution is 5.94. The average molecular weight is 340 g/mol. The average Bonchev–Trinajstić information content (AvgIpc) is 3.30. The largest absolute Gasteiger partial charge is 0.355 e. The van der Waals surface area contributed by atoms with Crippen LogP contribution in [-0.2, 0) is 6.54 Å². The normalized spacial score (nSPS) is 14.2. The Labute approximate surface area is 143 Å². The van der Waals surface area contributed by atoms with Crippen molar-refractivity contribution in [3.05, 3.63) is 53.6 Å².